The first-order chi connectivity index (χ1) is 11.2. The Hall–Kier alpha value is -2.67. The summed E-state index contributed by atoms with van der Waals surface area (Å²) < 4.78 is 14.4. The molecule has 2 aromatic heterocycles. The summed E-state index contributed by atoms with van der Waals surface area (Å²) >= 11 is 0. The maximum atomic E-state index is 12.3. The van der Waals surface area contributed by atoms with Crippen LogP contribution in [-0.4, -0.2) is 20.6 Å². The van der Waals surface area contributed by atoms with Gasteiger partial charge in [0.1, 0.15) is 17.8 Å². The van der Waals surface area contributed by atoms with Gasteiger partial charge in [0.25, 0.3) is 0 Å². The van der Waals surface area contributed by atoms with Gasteiger partial charge in [0, 0.05) is 28.4 Å². The van der Waals surface area contributed by atoms with Crippen molar-refractivity contribution in [1.29, 1.82) is 0 Å². The van der Waals surface area contributed by atoms with Crippen LogP contribution in [-0.2, 0) is 13.0 Å². The molecule has 6 nitrogen and oxygen atoms in total. The van der Waals surface area contributed by atoms with Crippen molar-refractivity contribution < 1.29 is 9.47 Å². The largest absolute Gasteiger partial charge is 0.383 e. The molecule has 0 spiro atoms. The van der Waals surface area contributed by atoms with Gasteiger partial charge >= 0.3 is 0 Å². The minimum Gasteiger partial charge on any atom is -0.383 e. The van der Waals surface area contributed by atoms with E-state index in [9.17, 15) is 4.53 Å². The van der Waals surface area contributed by atoms with Crippen LogP contribution in [0.5, 0.6) is 5.75 Å². The van der Waals surface area contributed by atoms with Crippen LogP contribution in [0.15, 0.2) is 30.6 Å². The van der Waals surface area contributed by atoms with Crippen LogP contribution in [0.25, 0.3) is 22.2 Å². The quantitative estimate of drug-likeness (QED) is 0.757. The lowest BCUT2D eigenvalue weighted by atomic mass is 9.97. The van der Waals surface area contributed by atoms with Gasteiger partial charge in [-0.25, -0.2) is 9.97 Å². The van der Waals surface area contributed by atoms with E-state index in [1.54, 1.807) is 12.1 Å². The molecule has 3 aromatic rings. The Labute approximate surface area is 131 Å². The van der Waals surface area contributed by atoms with E-state index in [2.05, 4.69) is 19.5 Å². The number of halogens is 1. The van der Waals surface area contributed by atoms with Crippen molar-refractivity contribution in [2.45, 2.75) is 25.4 Å². The van der Waals surface area contributed by atoms with Gasteiger partial charge in [-0.15, -0.1) is 0 Å². The number of aromatic nitrogens is 3. The SMILES string of the molecule is Nc1ncnc2c1c(-c1ccc(OF)cc1)c1n2CC(N)CC1. The van der Waals surface area contributed by atoms with Gasteiger partial charge in [0.15, 0.2) is 5.75 Å². The Morgan fingerprint density at radius 1 is 1.22 bits per heavy atom. The third kappa shape index (κ3) is 2.12. The summed E-state index contributed by atoms with van der Waals surface area (Å²) in [6, 6.07) is 6.89. The molecule has 1 aliphatic heterocycles. The summed E-state index contributed by atoms with van der Waals surface area (Å²) in [5.41, 5.74) is 16.1. The number of benzene rings is 1. The number of hydrogen-bond acceptors (Lipinski definition) is 5. The van der Waals surface area contributed by atoms with Gasteiger partial charge in [0.2, 0.25) is 0 Å². The van der Waals surface area contributed by atoms with Gasteiger partial charge in [-0.3, -0.25) is 4.94 Å². The predicted molar refractivity (Wildman–Crippen MR) is 85.4 cm³/mol. The van der Waals surface area contributed by atoms with Gasteiger partial charge in [-0.1, -0.05) is 12.1 Å². The Balaban J connectivity index is 2.01. The number of nitrogen functional groups attached to an aromatic ring is 1. The molecule has 1 atom stereocenters. The summed E-state index contributed by atoms with van der Waals surface area (Å²) in [7, 11) is 0. The van der Waals surface area contributed by atoms with Crippen LogP contribution in [0.2, 0.25) is 0 Å². The summed E-state index contributed by atoms with van der Waals surface area (Å²) in [5, 5.41) is 0.825. The standard InChI is InChI=1S/C16H16FN5O/c17-23-11-4-1-9(2-5-11)13-12-6-3-10(18)7-22(12)16-14(13)15(19)20-8-21-16/h1-2,4-5,8,10H,3,6-7,18H2,(H2,19,20,21). The van der Waals surface area contributed by atoms with E-state index < -0.39 is 0 Å². The maximum Gasteiger partial charge on any atom is 0.171 e. The lowest BCUT2D eigenvalue weighted by Crippen LogP contribution is -2.31. The van der Waals surface area contributed by atoms with Crippen molar-refractivity contribution in [3.8, 4) is 16.9 Å². The lowest BCUT2D eigenvalue weighted by Gasteiger charge is -2.22. The third-order valence-corrected chi connectivity index (χ3v) is 4.38. The van der Waals surface area contributed by atoms with E-state index in [1.165, 1.54) is 6.33 Å². The van der Waals surface area contributed by atoms with Gasteiger partial charge in [-0.2, -0.15) is 0 Å². The molecule has 7 heteroatoms. The van der Waals surface area contributed by atoms with Crippen LogP contribution < -0.4 is 16.4 Å². The molecule has 1 unspecified atom stereocenters. The zero-order valence-corrected chi connectivity index (χ0v) is 12.4. The summed E-state index contributed by atoms with van der Waals surface area (Å²) in [4.78, 5) is 12.3. The highest BCUT2D eigenvalue weighted by molar-refractivity contribution is 6.02. The van der Waals surface area contributed by atoms with Crippen LogP contribution in [0.4, 0.5) is 10.3 Å². The van der Waals surface area contributed by atoms with Crippen molar-refractivity contribution in [2.75, 3.05) is 5.73 Å². The minimum atomic E-state index is 0.101. The highest BCUT2D eigenvalue weighted by Gasteiger charge is 2.26. The lowest BCUT2D eigenvalue weighted by molar-refractivity contribution is -0.00618. The molecule has 1 aliphatic rings. The molecule has 0 aliphatic carbocycles. The second-order valence-electron chi connectivity index (χ2n) is 5.79. The van der Waals surface area contributed by atoms with Gasteiger partial charge < -0.3 is 16.0 Å². The first-order valence-corrected chi connectivity index (χ1v) is 7.45. The number of nitrogens with zero attached hydrogens (tertiary/aromatic N) is 3. The Morgan fingerprint density at radius 3 is 2.74 bits per heavy atom. The Kier molecular flexibility index (Phi) is 3.16. The Bertz CT molecular complexity index is 874. The highest BCUT2D eigenvalue weighted by Crippen LogP contribution is 2.39. The molecule has 1 aromatic carbocycles. The molecule has 118 valence electrons. The molecule has 3 heterocycles. The van der Waals surface area contributed by atoms with E-state index in [1.807, 2.05) is 12.1 Å². The fourth-order valence-electron chi connectivity index (χ4n) is 3.33. The molecule has 0 radical (unpaired) electrons. The fourth-order valence-corrected chi connectivity index (χ4v) is 3.33. The monoisotopic (exact) mass is 313 g/mol. The number of hydrogen-bond donors (Lipinski definition) is 2. The van der Waals surface area contributed by atoms with Crippen LogP contribution in [0.1, 0.15) is 12.1 Å². The van der Waals surface area contributed by atoms with E-state index in [4.69, 9.17) is 11.5 Å². The van der Waals surface area contributed by atoms with Crippen molar-refractivity contribution in [1.82, 2.24) is 14.5 Å². The smallest absolute Gasteiger partial charge is 0.171 e. The molecule has 0 amide bonds. The summed E-state index contributed by atoms with van der Waals surface area (Å²) in [6.07, 6.45) is 3.21. The summed E-state index contributed by atoms with van der Waals surface area (Å²) in [6.45, 7) is 0.702. The van der Waals surface area contributed by atoms with Crippen LogP contribution in [0.3, 0.4) is 0 Å². The number of fused-ring (bicyclic) bond motifs is 3. The predicted octanol–water partition coefficient (Wildman–Crippen LogP) is 2.22. The molecule has 23 heavy (non-hydrogen) atoms. The zero-order chi connectivity index (χ0) is 16.0. The van der Waals surface area contributed by atoms with Crippen LogP contribution >= 0.6 is 0 Å². The van der Waals surface area contributed by atoms with E-state index in [-0.39, 0.29) is 11.8 Å². The maximum absolute atomic E-state index is 12.3. The normalized spacial score (nSPS) is 17.2. The molecule has 0 saturated heterocycles. The van der Waals surface area contributed by atoms with Crippen LogP contribution in [0, 0.1) is 0 Å². The third-order valence-electron chi connectivity index (χ3n) is 4.38. The minimum absolute atomic E-state index is 0.101. The molecule has 4 N–H and O–H groups in total. The van der Waals surface area contributed by atoms with Gasteiger partial charge in [0.05, 0.1) is 5.39 Å². The first kappa shape index (κ1) is 14.0. The topological polar surface area (TPSA) is 92.0 Å². The molecular formula is C16H16FN5O. The molecule has 0 fully saturated rings. The second kappa shape index (κ2) is 5.20. The average molecular weight is 313 g/mol. The molecule has 0 bridgehead atoms. The van der Waals surface area contributed by atoms with Crippen molar-refractivity contribution in [3.63, 3.8) is 0 Å². The highest BCUT2D eigenvalue weighted by atomic mass is 19.3. The average Bonchev–Trinajstić information content (AvgIpc) is 2.90. The van der Waals surface area contributed by atoms with E-state index in [0.29, 0.717) is 12.4 Å². The molecule has 0 saturated carbocycles. The van der Waals surface area contributed by atoms with Crippen molar-refractivity contribution in [3.05, 3.63) is 36.3 Å². The number of nitrogens with two attached hydrogens (primary N) is 2. The molecule has 4 rings (SSSR count). The first-order valence-electron chi connectivity index (χ1n) is 7.45. The number of anilines is 1. The second-order valence-corrected chi connectivity index (χ2v) is 5.79. The number of rotatable bonds is 2. The Morgan fingerprint density at radius 2 is 2.00 bits per heavy atom. The zero-order valence-electron chi connectivity index (χ0n) is 12.4. The van der Waals surface area contributed by atoms with Crippen molar-refractivity contribution >= 4 is 16.9 Å². The van der Waals surface area contributed by atoms with Crippen molar-refractivity contribution in [2.24, 2.45) is 5.73 Å². The van der Waals surface area contributed by atoms with E-state index >= 15 is 0 Å². The molecular weight excluding hydrogens is 297 g/mol. The fraction of sp³-hybridized carbons (Fsp3) is 0.250. The summed E-state index contributed by atoms with van der Waals surface area (Å²) in [5.74, 6) is 0.601. The van der Waals surface area contributed by atoms with E-state index in [0.717, 1.165) is 40.7 Å². The van der Waals surface area contributed by atoms with Gasteiger partial charge in [-0.05, 0) is 30.5 Å².